The molecule has 0 aliphatic carbocycles. The Labute approximate surface area is 108 Å². The predicted molar refractivity (Wildman–Crippen MR) is 66.9 cm³/mol. The van der Waals surface area contributed by atoms with Crippen molar-refractivity contribution in [3.63, 3.8) is 0 Å². The van der Waals surface area contributed by atoms with Crippen molar-refractivity contribution in [3.8, 4) is 0 Å². The minimum absolute atomic E-state index is 0.341. The van der Waals surface area contributed by atoms with Crippen molar-refractivity contribution < 1.29 is 9.50 Å². The molecule has 0 saturated heterocycles. The molecule has 2 aromatic rings. The lowest BCUT2D eigenvalue weighted by Gasteiger charge is -2.11. The molecule has 0 saturated carbocycles. The van der Waals surface area contributed by atoms with E-state index in [1.807, 2.05) is 12.3 Å². The van der Waals surface area contributed by atoms with Crippen molar-refractivity contribution in [3.05, 3.63) is 50.7 Å². The quantitative estimate of drug-likeness (QED) is 0.927. The Balaban J connectivity index is 2.19. The van der Waals surface area contributed by atoms with Gasteiger partial charge in [-0.2, -0.15) is 0 Å². The van der Waals surface area contributed by atoms with Gasteiger partial charge in [0.25, 0.3) is 0 Å². The average molecular weight is 272 g/mol. The van der Waals surface area contributed by atoms with Crippen LogP contribution in [0.2, 0.25) is 5.02 Å². The van der Waals surface area contributed by atoms with Gasteiger partial charge in [-0.25, -0.2) is 9.37 Å². The van der Waals surface area contributed by atoms with E-state index in [2.05, 4.69) is 4.98 Å². The lowest BCUT2D eigenvalue weighted by molar-refractivity contribution is 0.177. The minimum Gasteiger partial charge on any atom is -0.388 e. The van der Waals surface area contributed by atoms with Crippen LogP contribution in [0.4, 0.5) is 4.39 Å². The molecule has 1 aromatic heterocycles. The number of thiazole rings is 1. The van der Waals surface area contributed by atoms with E-state index in [0.717, 1.165) is 10.7 Å². The molecule has 0 spiro atoms. The largest absolute Gasteiger partial charge is 0.388 e. The van der Waals surface area contributed by atoms with Gasteiger partial charge in [-0.15, -0.1) is 11.3 Å². The molecule has 1 unspecified atom stereocenters. The Morgan fingerprint density at radius 3 is 2.94 bits per heavy atom. The SMILES string of the molecule is Cc1nc(CC(O)c2cc(F)ccc2Cl)cs1. The second-order valence-electron chi connectivity index (χ2n) is 3.74. The smallest absolute Gasteiger partial charge is 0.123 e. The van der Waals surface area contributed by atoms with Gasteiger partial charge in [-0.3, -0.25) is 0 Å². The molecule has 0 amide bonds. The third-order valence-electron chi connectivity index (χ3n) is 2.39. The van der Waals surface area contributed by atoms with E-state index in [4.69, 9.17) is 11.6 Å². The van der Waals surface area contributed by atoms with Gasteiger partial charge in [0.2, 0.25) is 0 Å². The number of aryl methyl sites for hydroxylation is 1. The molecular formula is C12H11ClFNOS. The Hall–Kier alpha value is -0.970. The van der Waals surface area contributed by atoms with E-state index in [-0.39, 0.29) is 0 Å². The van der Waals surface area contributed by atoms with Gasteiger partial charge in [0, 0.05) is 22.4 Å². The van der Waals surface area contributed by atoms with Crippen molar-refractivity contribution in [2.24, 2.45) is 0 Å². The highest BCUT2D eigenvalue weighted by atomic mass is 35.5. The van der Waals surface area contributed by atoms with E-state index < -0.39 is 11.9 Å². The number of benzene rings is 1. The minimum atomic E-state index is -0.834. The molecule has 2 nitrogen and oxygen atoms in total. The average Bonchev–Trinajstić information content (AvgIpc) is 2.67. The predicted octanol–water partition coefficient (Wildman–Crippen LogP) is 3.52. The summed E-state index contributed by atoms with van der Waals surface area (Å²) in [5, 5.41) is 13.2. The Bertz CT molecular complexity index is 529. The molecule has 0 aliphatic rings. The zero-order valence-corrected chi connectivity index (χ0v) is 10.7. The lowest BCUT2D eigenvalue weighted by Crippen LogP contribution is -2.03. The number of aliphatic hydroxyl groups excluding tert-OH is 1. The van der Waals surface area contributed by atoms with Gasteiger partial charge in [-0.1, -0.05) is 11.6 Å². The monoisotopic (exact) mass is 271 g/mol. The molecule has 0 radical (unpaired) electrons. The first-order valence-electron chi connectivity index (χ1n) is 5.10. The molecular weight excluding hydrogens is 261 g/mol. The highest BCUT2D eigenvalue weighted by molar-refractivity contribution is 7.09. The summed E-state index contributed by atoms with van der Waals surface area (Å²) < 4.78 is 13.1. The number of aromatic nitrogens is 1. The van der Waals surface area contributed by atoms with Crippen LogP contribution in [0.15, 0.2) is 23.6 Å². The zero-order chi connectivity index (χ0) is 12.4. The number of nitrogens with zero attached hydrogens (tertiary/aromatic N) is 1. The molecule has 0 bridgehead atoms. The van der Waals surface area contributed by atoms with Crippen molar-refractivity contribution >= 4 is 22.9 Å². The van der Waals surface area contributed by atoms with E-state index in [9.17, 15) is 9.50 Å². The molecule has 5 heteroatoms. The highest BCUT2D eigenvalue weighted by Gasteiger charge is 2.14. The summed E-state index contributed by atoms with van der Waals surface area (Å²) in [7, 11) is 0. The standard InChI is InChI=1S/C12H11ClFNOS/c1-7-15-9(6-17-7)5-12(16)10-4-8(14)2-3-11(10)13/h2-4,6,12,16H,5H2,1H3. The number of hydrogen-bond donors (Lipinski definition) is 1. The van der Waals surface area contributed by atoms with E-state index >= 15 is 0 Å². The Morgan fingerprint density at radius 1 is 1.53 bits per heavy atom. The number of hydrogen-bond acceptors (Lipinski definition) is 3. The summed E-state index contributed by atoms with van der Waals surface area (Å²) in [4.78, 5) is 4.25. The summed E-state index contributed by atoms with van der Waals surface area (Å²) in [5.74, 6) is -0.405. The number of aliphatic hydroxyl groups is 1. The van der Waals surface area contributed by atoms with Gasteiger partial charge in [0.1, 0.15) is 5.82 Å². The Kier molecular flexibility index (Phi) is 3.76. The number of rotatable bonds is 3. The first-order chi connectivity index (χ1) is 8.06. The van der Waals surface area contributed by atoms with Gasteiger partial charge in [-0.05, 0) is 25.1 Å². The summed E-state index contributed by atoms with van der Waals surface area (Å²) in [6.45, 7) is 1.90. The van der Waals surface area contributed by atoms with Gasteiger partial charge >= 0.3 is 0 Å². The van der Waals surface area contributed by atoms with Crippen molar-refractivity contribution in [2.75, 3.05) is 0 Å². The lowest BCUT2D eigenvalue weighted by atomic mass is 10.1. The van der Waals surface area contributed by atoms with Crippen LogP contribution in [-0.4, -0.2) is 10.1 Å². The molecule has 1 atom stereocenters. The van der Waals surface area contributed by atoms with Crippen molar-refractivity contribution in [1.82, 2.24) is 4.98 Å². The third-order valence-corrected chi connectivity index (χ3v) is 3.55. The van der Waals surface area contributed by atoms with Gasteiger partial charge < -0.3 is 5.11 Å². The third kappa shape index (κ3) is 3.03. The molecule has 0 fully saturated rings. The van der Waals surface area contributed by atoms with Crippen LogP contribution < -0.4 is 0 Å². The van der Waals surface area contributed by atoms with Crippen LogP contribution in [0.25, 0.3) is 0 Å². The van der Waals surface area contributed by atoms with Crippen LogP contribution in [0.3, 0.4) is 0 Å². The van der Waals surface area contributed by atoms with Crippen LogP contribution in [0, 0.1) is 12.7 Å². The molecule has 1 N–H and O–H groups in total. The zero-order valence-electron chi connectivity index (χ0n) is 9.15. The van der Waals surface area contributed by atoms with Crippen molar-refractivity contribution in [1.29, 1.82) is 0 Å². The second kappa shape index (κ2) is 5.12. The first-order valence-corrected chi connectivity index (χ1v) is 6.36. The molecule has 1 heterocycles. The maximum absolute atomic E-state index is 13.1. The second-order valence-corrected chi connectivity index (χ2v) is 5.21. The van der Waals surface area contributed by atoms with Crippen LogP contribution in [0.1, 0.15) is 22.4 Å². The topological polar surface area (TPSA) is 33.1 Å². The molecule has 0 aliphatic heterocycles. The van der Waals surface area contributed by atoms with Crippen LogP contribution in [-0.2, 0) is 6.42 Å². The van der Waals surface area contributed by atoms with Crippen LogP contribution in [0.5, 0.6) is 0 Å². The highest BCUT2D eigenvalue weighted by Crippen LogP contribution is 2.26. The maximum atomic E-state index is 13.1. The summed E-state index contributed by atoms with van der Waals surface area (Å²) in [5.41, 5.74) is 1.19. The molecule has 2 rings (SSSR count). The van der Waals surface area contributed by atoms with Crippen LogP contribution >= 0.6 is 22.9 Å². The number of halogens is 2. The molecule has 1 aromatic carbocycles. The first kappa shape index (κ1) is 12.5. The summed E-state index contributed by atoms with van der Waals surface area (Å²) >= 11 is 7.44. The normalized spacial score (nSPS) is 12.7. The van der Waals surface area contributed by atoms with Gasteiger partial charge in [0.15, 0.2) is 0 Å². The van der Waals surface area contributed by atoms with E-state index in [1.54, 1.807) is 0 Å². The molecule has 17 heavy (non-hydrogen) atoms. The van der Waals surface area contributed by atoms with Gasteiger partial charge in [0.05, 0.1) is 16.8 Å². The fourth-order valence-corrected chi connectivity index (χ4v) is 2.45. The maximum Gasteiger partial charge on any atom is 0.123 e. The Morgan fingerprint density at radius 2 is 2.29 bits per heavy atom. The fourth-order valence-electron chi connectivity index (χ4n) is 1.58. The van der Waals surface area contributed by atoms with E-state index in [0.29, 0.717) is 17.0 Å². The van der Waals surface area contributed by atoms with Crippen molar-refractivity contribution in [2.45, 2.75) is 19.4 Å². The fraction of sp³-hybridized carbons (Fsp3) is 0.250. The summed E-state index contributed by atoms with van der Waals surface area (Å²) in [6, 6.07) is 3.97. The molecule has 90 valence electrons. The summed E-state index contributed by atoms with van der Waals surface area (Å²) in [6.07, 6.45) is -0.493. The van der Waals surface area contributed by atoms with E-state index in [1.165, 1.54) is 29.5 Å².